The van der Waals surface area contributed by atoms with Gasteiger partial charge in [0.15, 0.2) is 6.10 Å². The fourth-order valence-electron chi connectivity index (χ4n) is 5.17. The molecule has 1 fully saturated rings. The number of nitrogens with one attached hydrogen (secondary N) is 1. The maximum atomic E-state index is 13.3. The van der Waals surface area contributed by atoms with E-state index in [4.69, 9.17) is 9.40 Å². The van der Waals surface area contributed by atoms with Crippen LogP contribution in [0, 0.1) is 0 Å². The van der Waals surface area contributed by atoms with E-state index in [2.05, 4.69) is 9.97 Å². The Kier molecular flexibility index (Phi) is 6.33. The Morgan fingerprint density at radius 1 is 1.12 bits per heavy atom. The maximum absolute atomic E-state index is 13.3. The summed E-state index contributed by atoms with van der Waals surface area (Å²) in [6.45, 7) is 0.105. The molecule has 40 heavy (non-hydrogen) atoms. The quantitative estimate of drug-likeness (QED) is 0.378. The number of carbonyl (C=O) groups is 1. The van der Waals surface area contributed by atoms with E-state index in [1.165, 1.54) is 11.0 Å². The van der Waals surface area contributed by atoms with Crippen LogP contribution in [0.4, 0.5) is 13.2 Å². The molecule has 2 aromatic carbocycles. The number of hydrogen-bond acceptors (Lipinski definition) is 6. The summed E-state index contributed by atoms with van der Waals surface area (Å²) in [6.07, 6.45) is -2.39. The lowest BCUT2D eigenvalue weighted by atomic mass is 10.0. The third kappa shape index (κ3) is 4.70. The van der Waals surface area contributed by atoms with Gasteiger partial charge in [0.1, 0.15) is 11.6 Å². The Labute approximate surface area is 226 Å². The van der Waals surface area contributed by atoms with Gasteiger partial charge in [-0.2, -0.15) is 13.2 Å². The smallest absolute Gasteiger partial charge is 0.416 e. The minimum atomic E-state index is -4.61. The topological polar surface area (TPSA) is 112 Å². The molecule has 2 N–H and O–H groups in total. The highest BCUT2D eigenvalue weighted by atomic mass is 19.4. The standard InChI is InChI=1S/C29H25F3N4O4/c30-29(31,32)19-9-4-8-18(14-19)23(37)26(39)36-13-5-10-21-20(16-36)24(38)35-27(34-21)28(11-12-28)22-15-33-25(40-22)17-6-2-1-3-7-17/h1-4,6-9,14-15,23,37H,5,10-13,16H2,(H,34,35,38)/t23-/m1/s1. The molecule has 0 radical (unpaired) electrons. The molecule has 1 atom stereocenters. The van der Waals surface area contributed by atoms with Crippen molar-refractivity contribution in [3.05, 3.63) is 105 Å². The molecule has 1 amide bonds. The van der Waals surface area contributed by atoms with Gasteiger partial charge in [0.25, 0.3) is 11.5 Å². The third-order valence-corrected chi connectivity index (χ3v) is 7.57. The molecular weight excluding hydrogens is 525 g/mol. The third-order valence-electron chi connectivity index (χ3n) is 7.57. The van der Waals surface area contributed by atoms with E-state index in [0.29, 0.717) is 41.6 Å². The van der Waals surface area contributed by atoms with Crippen LogP contribution < -0.4 is 5.56 Å². The van der Waals surface area contributed by atoms with E-state index in [0.717, 1.165) is 36.6 Å². The predicted molar refractivity (Wildman–Crippen MR) is 137 cm³/mol. The second kappa shape index (κ2) is 9.74. The molecule has 3 heterocycles. The molecule has 0 unspecified atom stereocenters. The van der Waals surface area contributed by atoms with Gasteiger partial charge in [0, 0.05) is 12.1 Å². The molecule has 0 bridgehead atoms. The van der Waals surface area contributed by atoms with Crippen LogP contribution >= 0.6 is 0 Å². The average molecular weight is 551 g/mol. The molecule has 11 heteroatoms. The largest absolute Gasteiger partial charge is 0.440 e. The van der Waals surface area contributed by atoms with E-state index in [1.54, 1.807) is 6.20 Å². The second-order valence-corrected chi connectivity index (χ2v) is 10.2. The van der Waals surface area contributed by atoms with Crippen molar-refractivity contribution in [2.75, 3.05) is 6.54 Å². The van der Waals surface area contributed by atoms with Gasteiger partial charge in [-0.3, -0.25) is 9.59 Å². The van der Waals surface area contributed by atoms with Gasteiger partial charge in [0.05, 0.1) is 35.0 Å². The van der Waals surface area contributed by atoms with Crippen molar-refractivity contribution in [2.24, 2.45) is 0 Å². The summed E-state index contributed by atoms with van der Waals surface area (Å²) in [5.41, 5.74) is -0.421. The van der Waals surface area contributed by atoms with E-state index in [-0.39, 0.29) is 18.7 Å². The van der Waals surface area contributed by atoms with Crippen LogP contribution in [-0.4, -0.2) is 37.4 Å². The molecule has 6 rings (SSSR count). The molecule has 0 spiro atoms. The number of aliphatic hydroxyl groups is 1. The van der Waals surface area contributed by atoms with Gasteiger partial charge in [-0.25, -0.2) is 9.97 Å². The Morgan fingerprint density at radius 3 is 2.62 bits per heavy atom. The molecule has 1 aliphatic heterocycles. The van der Waals surface area contributed by atoms with E-state index in [1.807, 2.05) is 30.3 Å². The molecular formula is C29H25F3N4O4. The Hall–Kier alpha value is -4.25. The maximum Gasteiger partial charge on any atom is 0.416 e. The first-order valence-corrected chi connectivity index (χ1v) is 12.9. The van der Waals surface area contributed by atoms with Crippen LogP contribution in [-0.2, 0) is 29.4 Å². The number of H-pyrrole nitrogens is 1. The van der Waals surface area contributed by atoms with Gasteiger partial charge in [-0.1, -0.05) is 30.3 Å². The number of rotatable bonds is 5. The first-order chi connectivity index (χ1) is 19.2. The number of halogens is 3. The molecule has 206 valence electrons. The van der Waals surface area contributed by atoms with Gasteiger partial charge in [-0.15, -0.1) is 0 Å². The lowest BCUT2D eigenvalue weighted by Crippen LogP contribution is -2.36. The summed E-state index contributed by atoms with van der Waals surface area (Å²) in [5.74, 6) is 0.803. The molecule has 4 aromatic rings. The van der Waals surface area contributed by atoms with Crippen molar-refractivity contribution >= 4 is 5.91 Å². The van der Waals surface area contributed by atoms with Crippen LogP contribution in [0.3, 0.4) is 0 Å². The molecule has 1 aliphatic carbocycles. The first-order valence-electron chi connectivity index (χ1n) is 12.9. The van der Waals surface area contributed by atoms with Crippen LogP contribution in [0.5, 0.6) is 0 Å². The number of aromatic nitrogens is 3. The number of amides is 1. The fraction of sp³-hybridized carbons (Fsp3) is 0.310. The zero-order valence-corrected chi connectivity index (χ0v) is 21.2. The van der Waals surface area contributed by atoms with Gasteiger partial charge in [0.2, 0.25) is 5.89 Å². The van der Waals surface area contributed by atoms with Gasteiger partial charge < -0.3 is 19.4 Å². The van der Waals surface area contributed by atoms with Crippen molar-refractivity contribution in [1.82, 2.24) is 19.9 Å². The van der Waals surface area contributed by atoms with Crippen LogP contribution in [0.25, 0.3) is 11.5 Å². The number of fused-ring (bicyclic) bond motifs is 1. The minimum Gasteiger partial charge on any atom is -0.440 e. The van der Waals surface area contributed by atoms with E-state index < -0.39 is 34.7 Å². The van der Waals surface area contributed by atoms with Crippen molar-refractivity contribution in [3.8, 4) is 11.5 Å². The zero-order chi connectivity index (χ0) is 28.1. The van der Waals surface area contributed by atoms with Crippen molar-refractivity contribution in [1.29, 1.82) is 0 Å². The first kappa shape index (κ1) is 26.0. The normalized spacial score (nSPS) is 17.1. The summed E-state index contributed by atoms with van der Waals surface area (Å²) < 4.78 is 45.5. The second-order valence-electron chi connectivity index (χ2n) is 10.2. The predicted octanol–water partition coefficient (Wildman–Crippen LogP) is 4.53. The number of aryl methyl sites for hydroxylation is 1. The number of hydrogen-bond donors (Lipinski definition) is 2. The lowest BCUT2D eigenvalue weighted by Gasteiger charge is -2.24. The number of oxazole rings is 1. The summed E-state index contributed by atoms with van der Waals surface area (Å²) in [7, 11) is 0. The van der Waals surface area contributed by atoms with Crippen molar-refractivity contribution in [2.45, 2.75) is 49.9 Å². The molecule has 1 saturated carbocycles. The Morgan fingerprint density at radius 2 is 1.90 bits per heavy atom. The molecule has 0 saturated heterocycles. The lowest BCUT2D eigenvalue weighted by molar-refractivity contribution is -0.142. The fourth-order valence-corrected chi connectivity index (χ4v) is 5.17. The molecule has 2 aromatic heterocycles. The summed E-state index contributed by atoms with van der Waals surface area (Å²) in [6, 6.07) is 13.5. The number of alkyl halides is 3. The zero-order valence-electron chi connectivity index (χ0n) is 21.2. The number of aliphatic hydroxyl groups excluding tert-OH is 1. The summed E-state index contributed by atoms with van der Waals surface area (Å²) in [4.78, 5) is 39.8. The van der Waals surface area contributed by atoms with Crippen LogP contribution in [0.2, 0.25) is 0 Å². The highest BCUT2D eigenvalue weighted by molar-refractivity contribution is 5.82. The molecule has 8 nitrogen and oxygen atoms in total. The summed E-state index contributed by atoms with van der Waals surface area (Å²) in [5, 5.41) is 10.6. The van der Waals surface area contributed by atoms with Gasteiger partial charge in [-0.05, 0) is 55.5 Å². The minimum absolute atomic E-state index is 0.111. The number of nitrogens with zero attached hydrogens (tertiary/aromatic N) is 3. The van der Waals surface area contributed by atoms with E-state index in [9.17, 15) is 27.9 Å². The SMILES string of the molecule is O=C([C@H](O)c1cccc(C(F)(F)F)c1)N1CCCc2nc(C3(c4cnc(-c5ccccc5)o4)CC3)[nH]c(=O)c2C1. The highest BCUT2D eigenvalue weighted by Gasteiger charge is 2.52. The van der Waals surface area contributed by atoms with E-state index >= 15 is 0 Å². The van der Waals surface area contributed by atoms with Gasteiger partial charge >= 0.3 is 6.18 Å². The number of carbonyl (C=O) groups excluding carboxylic acids is 1. The average Bonchev–Trinajstić information content (AvgIpc) is 3.67. The van der Waals surface area contributed by atoms with Crippen LogP contribution in [0.1, 0.15) is 59.3 Å². The molecule has 2 aliphatic rings. The van der Waals surface area contributed by atoms with Crippen molar-refractivity contribution < 1.29 is 27.5 Å². The van der Waals surface area contributed by atoms with Crippen molar-refractivity contribution in [3.63, 3.8) is 0 Å². The monoisotopic (exact) mass is 550 g/mol. The van der Waals surface area contributed by atoms with Crippen LogP contribution in [0.15, 0.2) is 70.0 Å². The Bertz CT molecular complexity index is 1630. The Balaban J connectivity index is 1.25. The number of aromatic amines is 1. The number of benzene rings is 2. The summed E-state index contributed by atoms with van der Waals surface area (Å²) >= 11 is 0. The highest BCUT2D eigenvalue weighted by Crippen LogP contribution is 2.52.